The van der Waals surface area contributed by atoms with Crippen LogP contribution in [0.4, 0.5) is 4.39 Å². The Morgan fingerprint density at radius 2 is 1.76 bits per heavy atom. The van der Waals surface area contributed by atoms with Crippen molar-refractivity contribution in [1.82, 2.24) is 10.2 Å². The summed E-state index contributed by atoms with van der Waals surface area (Å²) < 4.78 is 18.6. The van der Waals surface area contributed by atoms with Gasteiger partial charge in [0.25, 0.3) is 0 Å². The topological polar surface area (TPSA) is 24.5 Å². The molecule has 1 N–H and O–H groups in total. The first-order valence-corrected chi connectivity index (χ1v) is 7.25. The molecule has 0 atom stereocenters. The predicted octanol–water partition coefficient (Wildman–Crippen LogP) is 3.02. The van der Waals surface area contributed by atoms with Crippen LogP contribution in [-0.4, -0.2) is 31.1 Å². The highest BCUT2D eigenvalue weighted by molar-refractivity contribution is 5.34. The molecule has 2 aromatic rings. The summed E-state index contributed by atoms with van der Waals surface area (Å²) in [4.78, 5) is 2.42. The molecule has 0 bridgehead atoms. The Bertz CT molecular complexity index is 580. The summed E-state index contributed by atoms with van der Waals surface area (Å²) in [6, 6.07) is 14.2. The van der Waals surface area contributed by atoms with Gasteiger partial charge in [0.1, 0.15) is 17.3 Å². The lowest BCUT2D eigenvalue weighted by Gasteiger charge is -2.27. The van der Waals surface area contributed by atoms with E-state index < -0.39 is 0 Å². The molecule has 0 saturated carbocycles. The van der Waals surface area contributed by atoms with E-state index in [4.69, 9.17) is 4.74 Å². The largest absolute Gasteiger partial charge is 0.457 e. The molecular weight excluding hydrogens is 267 g/mol. The number of piperazine rings is 1. The van der Waals surface area contributed by atoms with Gasteiger partial charge in [0.05, 0.1) is 0 Å². The van der Waals surface area contributed by atoms with E-state index in [2.05, 4.69) is 16.3 Å². The second-order valence-electron chi connectivity index (χ2n) is 5.23. The molecule has 110 valence electrons. The molecule has 0 unspecified atom stereocenters. The minimum atomic E-state index is -0.255. The SMILES string of the molecule is Fc1ccc(Oc2cccc(CN3CCNCC3)c2)cc1. The van der Waals surface area contributed by atoms with Gasteiger partial charge >= 0.3 is 0 Å². The third kappa shape index (κ3) is 4.03. The van der Waals surface area contributed by atoms with Crippen molar-refractivity contribution in [3.63, 3.8) is 0 Å². The van der Waals surface area contributed by atoms with E-state index in [1.165, 1.54) is 17.7 Å². The van der Waals surface area contributed by atoms with Crippen molar-refractivity contribution >= 4 is 0 Å². The van der Waals surface area contributed by atoms with Gasteiger partial charge in [-0.05, 0) is 42.0 Å². The molecule has 3 nitrogen and oxygen atoms in total. The van der Waals surface area contributed by atoms with Crippen LogP contribution in [0, 0.1) is 5.82 Å². The van der Waals surface area contributed by atoms with Crippen molar-refractivity contribution < 1.29 is 9.13 Å². The number of nitrogens with zero attached hydrogens (tertiary/aromatic N) is 1. The van der Waals surface area contributed by atoms with Crippen LogP contribution in [0.15, 0.2) is 48.5 Å². The number of hydrogen-bond donors (Lipinski definition) is 1. The smallest absolute Gasteiger partial charge is 0.127 e. The van der Waals surface area contributed by atoms with E-state index in [0.717, 1.165) is 38.5 Å². The van der Waals surface area contributed by atoms with Crippen LogP contribution in [-0.2, 0) is 6.54 Å². The fourth-order valence-electron chi connectivity index (χ4n) is 2.47. The standard InChI is InChI=1S/C17H19FN2O/c18-15-4-6-16(7-5-15)21-17-3-1-2-14(12-17)13-20-10-8-19-9-11-20/h1-7,12,19H,8-11,13H2. The molecule has 4 heteroatoms. The van der Waals surface area contributed by atoms with Gasteiger partial charge in [-0.15, -0.1) is 0 Å². The first-order chi connectivity index (χ1) is 10.3. The van der Waals surface area contributed by atoms with Crippen molar-refractivity contribution in [2.75, 3.05) is 26.2 Å². The number of nitrogens with one attached hydrogen (secondary N) is 1. The zero-order chi connectivity index (χ0) is 14.5. The Kier molecular flexibility index (Phi) is 4.48. The van der Waals surface area contributed by atoms with Gasteiger partial charge < -0.3 is 10.1 Å². The Balaban J connectivity index is 1.66. The minimum Gasteiger partial charge on any atom is -0.457 e. The number of rotatable bonds is 4. The van der Waals surface area contributed by atoms with Gasteiger partial charge in [-0.2, -0.15) is 0 Å². The van der Waals surface area contributed by atoms with Crippen molar-refractivity contribution in [3.8, 4) is 11.5 Å². The summed E-state index contributed by atoms with van der Waals surface area (Å²) in [5, 5.41) is 3.35. The third-order valence-corrected chi connectivity index (χ3v) is 3.56. The normalized spacial score (nSPS) is 15.9. The zero-order valence-corrected chi connectivity index (χ0v) is 11.9. The van der Waals surface area contributed by atoms with Crippen molar-refractivity contribution in [3.05, 3.63) is 59.9 Å². The molecule has 1 saturated heterocycles. The number of hydrogen-bond acceptors (Lipinski definition) is 3. The highest BCUT2D eigenvalue weighted by Gasteiger charge is 2.10. The van der Waals surface area contributed by atoms with Crippen LogP contribution in [0.5, 0.6) is 11.5 Å². The highest BCUT2D eigenvalue weighted by Crippen LogP contribution is 2.23. The molecule has 3 rings (SSSR count). The summed E-state index contributed by atoms with van der Waals surface area (Å²) in [5.74, 6) is 1.18. The Morgan fingerprint density at radius 3 is 2.52 bits per heavy atom. The average molecular weight is 286 g/mol. The summed E-state index contributed by atoms with van der Waals surface area (Å²) in [6.45, 7) is 5.17. The fourth-order valence-corrected chi connectivity index (χ4v) is 2.47. The minimum absolute atomic E-state index is 0.255. The summed E-state index contributed by atoms with van der Waals surface area (Å²) in [7, 11) is 0. The molecule has 0 aliphatic carbocycles. The van der Waals surface area contributed by atoms with Crippen molar-refractivity contribution in [2.45, 2.75) is 6.54 Å². The molecule has 1 aliphatic heterocycles. The van der Waals surface area contributed by atoms with Crippen LogP contribution in [0.1, 0.15) is 5.56 Å². The molecule has 0 amide bonds. The third-order valence-electron chi connectivity index (χ3n) is 3.56. The molecule has 21 heavy (non-hydrogen) atoms. The second kappa shape index (κ2) is 6.70. The Hall–Kier alpha value is -1.91. The fraction of sp³-hybridized carbons (Fsp3) is 0.294. The maximum absolute atomic E-state index is 12.9. The van der Waals surface area contributed by atoms with Gasteiger partial charge in [0.15, 0.2) is 0 Å². The molecule has 0 radical (unpaired) electrons. The molecule has 1 aliphatic rings. The first-order valence-electron chi connectivity index (χ1n) is 7.25. The predicted molar refractivity (Wildman–Crippen MR) is 81.1 cm³/mol. The first kappa shape index (κ1) is 14.0. The van der Waals surface area contributed by atoms with E-state index in [1.807, 2.05) is 18.2 Å². The highest BCUT2D eigenvalue weighted by atomic mass is 19.1. The number of ether oxygens (including phenoxy) is 1. The van der Waals surface area contributed by atoms with Crippen LogP contribution in [0.3, 0.4) is 0 Å². The van der Waals surface area contributed by atoms with Gasteiger partial charge in [-0.3, -0.25) is 4.90 Å². The zero-order valence-electron chi connectivity index (χ0n) is 11.9. The lowest BCUT2D eigenvalue weighted by Crippen LogP contribution is -2.42. The lowest BCUT2D eigenvalue weighted by atomic mass is 10.2. The van der Waals surface area contributed by atoms with Crippen LogP contribution >= 0.6 is 0 Å². The summed E-state index contributed by atoms with van der Waals surface area (Å²) in [5.41, 5.74) is 1.23. The Morgan fingerprint density at radius 1 is 1.00 bits per heavy atom. The quantitative estimate of drug-likeness (QED) is 0.935. The van der Waals surface area contributed by atoms with E-state index in [9.17, 15) is 4.39 Å². The monoisotopic (exact) mass is 286 g/mol. The molecule has 0 spiro atoms. The maximum atomic E-state index is 12.9. The van der Waals surface area contributed by atoms with Crippen LogP contribution < -0.4 is 10.1 Å². The van der Waals surface area contributed by atoms with E-state index in [1.54, 1.807) is 12.1 Å². The van der Waals surface area contributed by atoms with Gasteiger partial charge in [-0.25, -0.2) is 4.39 Å². The van der Waals surface area contributed by atoms with E-state index in [-0.39, 0.29) is 5.82 Å². The second-order valence-corrected chi connectivity index (χ2v) is 5.23. The maximum Gasteiger partial charge on any atom is 0.127 e. The van der Waals surface area contributed by atoms with Crippen molar-refractivity contribution in [2.24, 2.45) is 0 Å². The van der Waals surface area contributed by atoms with Crippen molar-refractivity contribution in [1.29, 1.82) is 0 Å². The van der Waals surface area contributed by atoms with Crippen LogP contribution in [0.25, 0.3) is 0 Å². The van der Waals surface area contributed by atoms with Gasteiger partial charge in [0.2, 0.25) is 0 Å². The number of halogens is 1. The van der Waals surface area contributed by atoms with E-state index >= 15 is 0 Å². The van der Waals surface area contributed by atoms with Crippen LogP contribution in [0.2, 0.25) is 0 Å². The summed E-state index contributed by atoms with van der Waals surface area (Å²) >= 11 is 0. The number of benzene rings is 2. The molecular formula is C17H19FN2O. The molecule has 1 fully saturated rings. The lowest BCUT2D eigenvalue weighted by molar-refractivity contribution is 0.233. The van der Waals surface area contributed by atoms with Gasteiger partial charge in [0, 0.05) is 32.7 Å². The summed E-state index contributed by atoms with van der Waals surface area (Å²) in [6.07, 6.45) is 0. The molecule has 0 aromatic heterocycles. The Labute approximate surface area is 124 Å². The van der Waals surface area contributed by atoms with Gasteiger partial charge in [-0.1, -0.05) is 12.1 Å². The average Bonchev–Trinajstić information content (AvgIpc) is 2.51. The molecule has 2 aromatic carbocycles. The van der Waals surface area contributed by atoms with E-state index in [0.29, 0.717) is 5.75 Å². The molecule has 1 heterocycles.